The van der Waals surface area contributed by atoms with Crippen molar-refractivity contribution >= 4 is 22.1 Å². The van der Waals surface area contributed by atoms with Gasteiger partial charge in [0, 0.05) is 23.5 Å². The Balaban J connectivity index is 1.26. The summed E-state index contributed by atoms with van der Waals surface area (Å²) in [5.41, 5.74) is 5.73. The molecular formula is C28H23FN8O. The summed E-state index contributed by atoms with van der Waals surface area (Å²) >= 11 is 0. The van der Waals surface area contributed by atoms with Gasteiger partial charge in [0.15, 0.2) is 11.5 Å². The Morgan fingerprint density at radius 2 is 1.76 bits per heavy atom. The summed E-state index contributed by atoms with van der Waals surface area (Å²) < 4.78 is 20.7. The molecule has 0 atom stereocenters. The van der Waals surface area contributed by atoms with Crippen molar-refractivity contribution < 1.29 is 9.13 Å². The minimum Gasteiger partial charge on any atom is -0.489 e. The number of halogens is 1. The second-order valence-electron chi connectivity index (χ2n) is 9.26. The smallest absolute Gasteiger partial charge is 0.161 e. The van der Waals surface area contributed by atoms with Crippen LogP contribution in [0.3, 0.4) is 0 Å². The molecule has 0 radical (unpaired) electrons. The second-order valence-corrected chi connectivity index (χ2v) is 9.26. The number of aromatic amines is 2. The molecule has 3 N–H and O–H groups in total. The van der Waals surface area contributed by atoms with Crippen molar-refractivity contribution in [1.82, 2.24) is 40.4 Å². The number of hydrogen-bond acceptors (Lipinski definition) is 7. The van der Waals surface area contributed by atoms with Crippen LogP contribution >= 0.6 is 0 Å². The lowest BCUT2D eigenvalue weighted by atomic mass is 10.1. The van der Waals surface area contributed by atoms with E-state index in [1.54, 1.807) is 36.8 Å². The lowest BCUT2D eigenvalue weighted by Gasteiger charge is -2.23. The number of imidazole rings is 1. The normalized spacial score (nSPS) is 14.3. The molecule has 0 aliphatic carbocycles. The van der Waals surface area contributed by atoms with Crippen LogP contribution in [0.2, 0.25) is 0 Å². The third kappa shape index (κ3) is 4.04. The first-order chi connectivity index (χ1) is 18.7. The van der Waals surface area contributed by atoms with Gasteiger partial charge in [0.2, 0.25) is 0 Å². The SMILES string of the molecule is Fc1ccccc1-c1nccc2[nH]c(-c3n[nH]c4ccc(-c5cncc(OC6CCNCC6)c5)nc34)nc12. The highest BCUT2D eigenvalue weighted by molar-refractivity contribution is 5.95. The molecule has 0 saturated carbocycles. The molecule has 38 heavy (non-hydrogen) atoms. The zero-order valence-electron chi connectivity index (χ0n) is 20.3. The van der Waals surface area contributed by atoms with E-state index < -0.39 is 0 Å². The van der Waals surface area contributed by atoms with Crippen LogP contribution < -0.4 is 10.1 Å². The van der Waals surface area contributed by atoms with E-state index in [1.807, 2.05) is 24.3 Å². The van der Waals surface area contributed by atoms with E-state index in [2.05, 4.69) is 30.5 Å². The van der Waals surface area contributed by atoms with Gasteiger partial charge < -0.3 is 15.0 Å². The zero-order chi connectivity index (χ0) is 25.5. The number of pyridine rings is 3. The highest BCUT2D eigenvalue weighted by Crippen LogP contribution is 2.32. The topological polar surface area (TPSA) is 117 Å². The van der Waals surface area contributed by atoms with E-state index in [0.717, 1.165) is 54.0 Å². The molecule has 0 spiro atoms. The molecule has 1 aliphatic rings. The van der Waals surface area contributed by atoms with E-state index in [1.165, 1.54) is 6.07 Å². The Morgan fingerprint density at radius 3 is 2.66 bits per heavy atom. The third-order valence-corrected chi connectivity index (χ3v) is 6.76. The molecule has 0 bridgehead atoms. The quantitative estimate of drug-likeness (QED) is 0.305. The van der Waals surface area contributed by atoms with Crippen LogP contribution in [0.25, 0.3) is 56.1 Å². The summed E-state index contributed by atoms with van der Waals surface area (Å²) in [4.78, 5) is 21.8. The molecule has 0 amide bonds. The Morgan fingerprint density at radius 1 is 0.895 bits per heavy atom. The number of fused-ring (bicyclic) bond motifs is 2. The van der Waals surface area contributed by atoms with Gasteiger partial charge in [-0.3, -0.25) is 15.1 Å². The number of rotatable bonds is 5. The van der Waals surface area contributed by atoms with Crippen molar-refractivity contribution in [3.63, 3.8) is 0 Å². The van der Waals surface area contributed by atoms with Crippen LogP contribution in [0.15, 0.2) is 67.1 Å². The van der Waals surface area contributed by atoms with Crippen LogP contribution in [0.1, 0.15) is 12.8 Å². The molecule has 0 unspecified atom stereocenters. The zero-order valence-corrected chi connectivity index (χ0v) is 20.3. The molecular weight excluding hydrogens is 483 g/mol. The maximum atomic E-state index is 14.5. The number of nitrogens with one attached hydrogen (secondary N) is 3. The van der Waals surface area contributed by atoms with E-state index in [-0.39, 0.29) is 11.9 Å². The molecule has 6 heterocycles. The lowest BCUT2D eigenvalue weighted by molar-refractivity contribution is 0.162. The summed E-state index contributed by atoms with van der Waals surface area (Å²) in [6.45, 7) is 1.91. The predicted octanol–water partition coefficient (Wildman–Crippen LogP) is 4.90. The number of hydrogen-bond donors (Lipinski definition) is 3. The number of H-pyrrole nitrogens is 2. The largest absolute Gasteiger partial charge is 0.489 e. The molecule has 1 aromatic carbocycles. The molecule has 188 valence electrons. The maximum Gasteiger partial charge on any atom is 0.161 e. The average Bonchev–Trinajstić information content (AvgIpc) is 3.58. The first-order valence-electron chi connectivity index (χ1n) is 12.5. The van der Waals surface area contributed by atoms with Crippen molar-refractivity contribution in [2.45, 2.75) is 18.9 Å². The fraction of sp³-hybridized carbons (Fsp3) is 0.179. The van der Waals surface area contributed by atoms with Crippen molar-refractivity contribution in [1.29, 1.82) is 0 Å². The fourth-order valence-corrected chi connectivity index (χ4v) is 4.85. The number of aromatic nitrogens is 7. The maximum absolute atomic E-state index is 14.5. The Hall–Kier alpha value is -4.70. The second kappa shape index (κ2) is 9.31. The molecule has 9 nitrogen and oxygen atoms in total. The highest BCUT2D eigenvalue weighted by Gasteiger charge is 2.19. The summed E-state index contributed by atoms with van der Waals surface area (Å²) in [7, 11) is 0. The molecule has 6 aromatic rings. The van der Waals surface area contributed by atoms with Gasteiger partial charge in [-0.1, -0.05) is 12.1 Å². The van der Waals surface area contributed by atoms with Crippen molar-refractivity contribution in [2.24, 2.45) is 0 Å². The van der Waals surface area contributed by atoms with Crippen LogP contribution in [0, 0.1) is 5.82 Å². The van der Waals surface area contributed by atoms with Crippen molar-refractivity contribution in [2.75, 3.05) is 13.1 Å². The summed E-state index contributed by atoms with van der Waals surface area (Å²) in [6.07, 6.45) is 7.27. The average molecular weight is 507 g/mol. The van der Waals surface area contributed by atoms with Gasteiger partial charge in [0.1, 0.15) is 34.4 Å². The first kappa shape index (κ1) is 22.5. The van der Waals surface area contributed by atoms with Gasteiger partial charge in [-0.05, 0) is 62.3 Å². The van der Waals surface area contributed by atoms with E-state index >= 15 is 0 Å². The standard InChI is InChI=1S/C28H23FN8O/c29-20-4-2-1-3-19(20)24-25-22(9-12-32-24)34-28(35-25)27-26-23(36-37-27)6-5-21(33-26)16-13-18(15-31-14-16)38-17-7-10-30-11-8-17/h1-6,9,12-15,17,30H,7-8,10-11H2,(H,34,35)(H,36,37). The molecule has 1 aliphatic heterocycles. The van der Waals surface area contributed by atoms with Crippen molar-refractivity contribution in [3.05, 3.63) is 72.9 Å². The molecule has 10 heteroatoms. The number of piperidine rings is 1. The van der Waals surface area contributed by atoms with Crippen molar-refractivity contribution in [3.8, 4) is 39.8 Å². The molecule has 1 fully saturated rings. The minimum absolute atomic E-state index is 0.182. The summed E-state index contributed by atoms with van der Waals surface area (Å²) in [6, 6.07) is 14.2. The Kier molecular flexibility index (Phi) is 5.51. The van der Waals surface area contributed by atoms with Crippen LogP contribution in [-0.2, 0) is 0 Å². The monoisotopic (exact) mass is 506 g/mol. The van der Waals surface area contributed by atoms with Crippen LogP contribution in [-0.4, -0.2) is 54.3 Å². The number of benzene rings is 1. The lowest BCUT2D eigenvalue weighted by Crippen LogP contribution is -2.34. The highest BCUT2D eigenvalue weighted by atomic mass is 19.1. The van der Waals surface area contributed by atoms with Gasteiger partial charge in [-0.2, -0.15) is 5.10 Å². The van der Waals surface area contributed by atoms with Gasteiger partial charge in [-0.25, -0.2) is 14.4 Å². The van der Waals surface area contributed by atoms with Gasteiger partial charge >= 0.3 is 0 Å². The predicted molar refractivity (Wildman–Crippen MR) is 142 cm³/mol. The third-order valence-electron chi connectivity index (χ3n) is 6.76. The summed E-state index contributed by atoms with van der Waals surface area (Å²) in [5.74, 6) is 0.894. The van der Waals surface area contributed by atoms with Gasteiger partial charge in [-0.15, -0.1) is 0 Å². The van der Waals surface area contributed by atoms with E-state index in [4.69, 9.17) is 14.7 Å². The van der Waals surface area contributed by atoms with E-state index in [9.17, 15) is 4.39 Å². The Bertz CT molecular complexity index is 1770. The van der Waals surface area contributed by atoms with Crippen LogP contribution in [0.4, 0.5) is 4.39 Å². The molecule has 7 rings (SSSR count). The van der Waals surface area contributed by atoms with Crippen LogP contribution in [0.5, 0.6) is 5.75 Å². The summed E-state index contributed by atoms with van der Waals surface area (Å²) in [5, 5.41) is 10.9. The fourth-order valence-electron chi connectivity index (χ4n) is 4.85. The van der Waals surface area contributed by atoms with E-state index in [0.29, 0.717) is 33.8 Å². The molecule has 1 saturated heterocycles. The number of nitrogens with zero attached hydrogens (tertiary/aromatic N) is 5. The minimum atomic E-state index is -0.353. The molecule has 5 aromatic heterocycles. The number of ether oxygens (including phenoxy) is 1. The van der Waals surface area contributed by atoms with Gasteiger partial charge in [0.05, 0.1) is 22.9 Å². The Labute approximate surface area is 216 Å². The first-order valence-corrected chi connectivity index (χ1v) is 12.5. The van der Waals surface area contributed by atoms with Gasteiger partial charge in [0.25, 0.3) is 0 Å².